The quantitative estimate of drug-likeness (QED) is 0.656. The first-order valence-corrected chi connectivity index (χ1v) is 9.38. The van der Waals surface area contributed by atoms with E-state index in [0.717, 1.165) is 35.8 Å². The van der Waals surface area contributed by atoms with Crippen LogP contribution in [-0.4, -0.2) is 30.2 Å². The molecule has 6 nitrogen and oxygen atoms in total. The number of anilines is 1. The molecule has 0 saturated heterocycles. The summed E-state index contributed by atoms with van der Waals surface area (Å²) >= 11 is 1.44. The zero-order valence-electron chi connectivity index (χ0n) is 14.0. The predicted octanol–water partition coefficient (Wildman–Crippen LogP) is 3.29. The minimum Gasteiger partial charge on any atom is -0.465 e. The number of nitrogens with one attached hydrogen (secondary N) is 2. The number of carbonyl (C=O) groups excluding carboxylic acids is 1. The van der Waals surface area contributed by atoms with Gasteiger partial charge in [0.1, 0.15) is 0 Å². The second-order valence-corrected chi connectivity index (χ2v) is 7.70. The highest BCUT2D eigenvalue weighted by atomic mass is 32.1. The zero-order chi connectivity index (χ0) is 17.8. The highest BCUT2D eigenvalue weighted by Crippen LogP contribution is 2.33. The average molecular weight is 361 g/mol. The maximum atomic E-state index is 12.6. The van der Waals surface area contributed by atoms with Crippen molar-refractivity contribution in [2.75, 3.05) is 18.8 Å². The topological polar surface area (TPSA) is 104 Å². The number of hydrogen-bond acceptors (Lipinski definition) is 4. The molecule has 5 N–H and O–H groups in total. The van der Waals surface area contributed by atoms with Gasteiger partial charge in [0.2, 0.25) is 0 Å². The van der Waals surface area contributed by atoms with Crippen molar-refractivity contribution in [3.8, 4) is 0 Å². The van der Waals surface area contributed by atoms with E-state index in [0.29, 0.717) is 35.5 Å². The van der Waals surface area contributed by atoms with Crippen LogP contribution in [0.4, 0.5) is 9.80 Å². The molecule has 0 radical (unpaired) electrons. The maximum absolute atomic E-state index is 12.6. The minimum absolute atomic E-state index is 0.107. The Bertz CT molecular complexity index is 766. The minimum atomic E-state index is -0.963. The van der Waals surface area contributed by atoms with E-state index in [4.69, 9.17) is 10.8 Å². The largest absolute Gasteiger partial charge is 0.465 e. The molecule has 1 aromatic carbocycles. The summed E-state index contributed by atoms with van der Waals surface area (Å²) in [7, 11) is 0. The van der Waals surface area contributed by atoms with E-state index in [2.05, 4.69) is 10.6 Å². The highest BCUT2D eigenvalue weighted by molar-refractivity contribution is 7.23. The van der Waals surface area contributed by atoms with Gasteiger partial charge in [-0.15, -0.1) is 11.3 Å². The van der Waals surface area contributed by atoms with Crippen LogP contribution < -0.4 is 16.4 Å². The molecular formula is C18H23N3O3S. The molecule has 0 unspecified atom stereocenters. The van der Waals surface area contributed by atoms with Gasteiger partial charge in [0, 0.05) is 23.2 Å². The molecule has 7 heteroatoms. The summed E-state index contributed by atoms with van der Waals surface area (Å²) in [5, 5.41) is 15.6. The van der Waals surface area contributed by atoms with E-state index in [1.807, 2.05) is 24.3 Å². The lowest BCUT2D eigenvalue weighted by molar-refractivity contribution is 0.0943. The molecule has 0 aliphatic heterocycles. The lowest BCUT2D eigenvalue weighted by Crippen LogP contribution is -2.34. The van der Waals surface area contributed by atoms with E-state index < -0.39 is 6.09 Å². The van der Waals surface area contributed by atoms with Gasteiger partial charge in [0.25, 0.3) is 5.91 Å². The van der Waals surface area contributed by atoms with E-state index in [9.17, 15) is 9.59 Å². The van der Waals surface area contributed by atoms with Gasteiger partial charge in [0.15, 0.2) is 0 Å². The third kappa shape index (κ3) is 4.22. The molecule has 25 heavy (non-hydrogen) atoms. The fourth-order valence-electron chi connectivity index (χ4n) is 3.50. The van der Waals surface area contributed by atoms with Crippen LogP contribution in [0.3, 0.4) is 0 Å². The van der Waals surface area contributed by atoms with Gasteiger partial charge in [-0.25, -0.2) is 4.79 Å². The first-order chi connectivity index (χ1) is 12.0. The maximum Gasteiger partial charge on any atom is 0.404 e. The van der Waals surface area contributed by atoms with E-state index >= 15 is 0 Å². The Kier molecular flexibility index (Phi) is 5.43. The molecule has 3 rings (SSSR count). The smallest absolute Gasteiger partial charge is 0.404 e. The molecule has 1 fully saturated rings. The van der Waals surface area contributed by atoms with Gasteiger partial charge in [-0.3, -0.25) is 4.79 Å². The SMILES string of the molecule is Nc1sc2ccccc2c1C(=O)NC[C@H]1CC[C@H](CNC(=O)O)CC1. The van der Waals surface area contributed by atoms with Crippen molar-refractivity contribution in [3.63, 3.8) is 0 Å². The third-order valence-electron chi connectivity index (χ3n) is 4.91. The van der Waals surface area contributed by atoms with Crippen LogP contribution in [0.1, 0.15) is 36.0 Å². The Hall–Kier alpha value is -2.28. The Morgan fingerprint density at radius 2 is 1.68 bits per heavy atom. The summed E-state index contributed by atoms with van der Waals surface area (Å²) < 4.78 is 1.02. The number of benzene rings is 1. The van der Waals surface area contributed by atoms with Crippen molar-refractivity contribution in [3.05, 3.63) is 29.8 Å². The van der Waals surface area contributed by atoms with E-state index in [-0.39, 0.29) is 5.91 Å². The Labute approximate surface area is 150 Å². The van der Waals surface area contributed by atoms with Gasteiger partial charge in [0.05, 0.1) is 10.6 Å². The summed E-state index contributed by atoms with van der Waals surface area (Å²) in [4.78, 5) is 23.1. The number of nitrogen functional groups attached to an aromatic ring is 1. The number of rotatable bonds is 5. The molecular weight excluding hydrogens is 338 g/mol. The lowest BCUT2D eigenvalue weighted by atomic mass is 9.82. The summed E-state index contributed by atoms with van der Waals surface area (Å²) in [6.07, 6.45) is 3.03. The Morgan fingerprint density at radius 3 is 2.32 bits per heavy atom. The standard InChI is InChI=1S/C18H23N3O3S/c19-16-15(13-3-1-2-4-14(13)25-16)17(22)20-9-11-5-7-12(8-6-11)10-21-18(23)24/h1-4,11-12,21H,5-10,19H2,(H,20,22)(H,23,24)/t11-,12-. The monoisotopic (exact) mass is 361 g/mol. The second-order valence-electron chi connectivity index (χ2n) is 6.62. The molecule has 1 heterocycles. The lowest BCUT2D eigenvalue weighted by Gasteiger charge is -2.28. The van der Waals surface area contributed by atoms with Crippen molar-refractivity contribution in [1.29, 1.82) is 0 Å². The van der Waals surface area contributed by atoms with Crippen LogP contribution in [-0.2, 0) is 0 Å². The average Bonchev–Trinajstić information content (AvgIpc) is 2.94. The fraction of sp³-hybridized carbons (Fsp3) is 0.444. The third-order valence-corrected chi connectivity index (χ3v) is 5.91. The number of thiophene rings is 1. The molecule has 0 atom stereocenters. The normalized spacial score (nSPS) is 20.3. The van der Waals surface area contributed by atoms with Gasteiger partial charge in [-0.05, 0) is 43.6 Å². The van der Waals surface area contributed by atoms with Crippen molar-refractivity contribution in [2.45, 2.75) is 25.7 Å². The Morgan fingerprint density at radius 1 is 1.08 bits per heavy atom. The van der Waals surface area contributed by atoms with Gasteiger partial charge in [-0.2, -0.15) is 0 Å². The first-order valence-electron chi connectivity index (χ1n) is 8.56. The highest BCUT2D eigenvalue weighted by Gasteiger charge is 2.23. The summed E-state index contributed by atoms with van der Waals surface area (Å²) in [6.45, 7) is 1.16. The number of hydrogen-bond donors (Lipinski definition) is 4. The number of carbonyl (C=O) groups is 2. The van der Waals surface area contributed by atoms with Crippen molar-refractivity contribution in [2.24, 2.45) is 11.8 Å². The van der Waals surface area contributed by atoms with Crippen molar-refractivity contribution < 1.29 is 14.7 Å². The van der Waals surface area contributed by atoms with Crippen LogP contribution >= 0.6 is 11.3 Å². The fourth-order valence-corrected chi connectivity index (χ4v) is 4.46. The Balaban J connectivity index is 1.51. The molecule has 2 aromatic rings. The predicted molar refractivity (Wildman–Crippen MR) is 100 cm³/mol. The van der Waals surface area contributed by atoms with Crippen molar-refractivity contribution in [1.82, 2.24) is 10.6 Å². The summed E-state index contributed by atoms with van der Waals surface area (Å²) in [6, 6.07) is 7.76. The summed E-state index contributed by atoms with van der Waals surface area (Å²) in [5.41, 5.74) is 6.62. The molecule has 0 spiro atoms. The second kappa shape index (κ2) is 7.74. The molecule has 2 amide bonds. The van der Waals surface area contributed by atoms with Crippen LogP contribution in [0.5, 0.6) is 0 Å². The first kappa shape index (κ1) is 17.5. The zero-order valence-corrected chi connectivity index (χ0v) is 14.8. The van der Waals surface area contributed by atoms with Crippen LogP contribution in [0.25, 0.3) is 10.1 Å². The summed E-state index contributed by atoms with van der Waals surface area (Å²) in [5.74, 6) is 0.736. The number of carboxylic acid groups (broad SMARTS) is 1. The molecule has 134 valence electrons. The van der Waals surface area contributed by atoms with E-state index in [1.165, 1.54) is 11.3 Å². The van der Waals surface area contributed by atoms with Crippen LogP contribution in [0, 0.1) is 11.8 Å². The molecule has 1 saturated carbocycles. The molecule has 1 aliphatic rings. The molecule has 0 bridgehead atoms. The number of nitrogens with two attached hydrogens (primary N) is 1. The van der Waals surface area contributed by atoms with Crippen molar-refractivity contribution >= 4 is 38.4 Å². The van der Waals surface area contributed by atoms with Gasteiger partial charge in [-0.1, -0.05) is 18.2 Å². The molecule has 1 aromatic heterocycles. The van der Waals surface area contributed by atoms with Gasteiger partial charge < -0.3 is 21.5 Å². The van der Waals surface area contributed by atoms with Crippen LogP contribution in [0.2, 0.25) is 0 Å². The molecule has 1 aliphatic carbocycles. The number of amides is 2. The van der Waals surface area contributed by atoms with Gasteiger partial charge >= 0.3 is 6.09 Å². The number of fused-ring (bicyclic) bond motifs is 1. The van der Waals surface area contributed by atoms with Crippen LogP contribution in [0.15, 0.2) is 24.3 Å². The van der Waals surface area contributed by atoms with E-state index in [1.54, 1.807) is 0 Å².